The fourth-order valence-electron chi connectivity index (χ4n) is 3.53. The Labute approximate surface area is 162 Å². The highest BCUT2D eigenvalue weighted by molar-refractivity contribution is 7.89. The maximum Gasteiger partial charge on any atom is 0.241 e. The van der Waals surface area contributed by atoms with Crippen molar-refractivity contribution < 1.29 is 13.2 Å². The van der Waals surface area contributed by atoms with E-state index >= 15 is 0 Å². The molecule has 0 aromatic heterocycles. The van der Waals surface area contributed by atoms with E-state index in [4.69, 9.17) is 5.73 Å². The van der Waals surface area contributed by atoms with Crippen LogP contribution in [-0.4, -0.2) is 33.0 Å². The van der Waals surface area contributed by atoms with Crippen molar-refractivity contribution in [3.63, 3.8) is 0 Å². The van der Waals surface area contributed by atoms with Gasteiger partial charge in [0.2, 0.25) is 15.9 Å². The molecule has 1 aromatic rings. The molecule has 0 spiro atoms. The van der Waals surface area contributed by atoms with Gasteiger partial charge in [0.05, 0.1) is 4.90 Å². The van der Waals surface area contributed by atoms with E-state index in [-0.39, 0.29) is 43.4 Å². The zero-order chi connectivity index (χ0) is 18.6. The normalized spacial score (nSPS) is 20.3. The van der Waals surface area contributed by atoms with E-state index in [2.05, 4.69) is 10.0 Å². The molecule has 26 heavy (non-hydrogen) atoms. The van der Waals surface area contributed by atoms with Crippen LogP contribution < -0.4 is 15.8 Å². The SMILES string of the molecule is Cc1cc(C)c(S(=O)(=O)NCCC(=O)NC2CCC(N)CC2)c(C)c1.Cl. The minimum atomic E-state index is -3.62. The minimum Gasteiger partial charge on any atom is -0.353 e. The maximum atomic E-state index is 12.5. The molecule has 4 N–H and O–H groups in total. The van der Waals surface area contributed by atoms with Crippen molar-refractivity contribution in [2.75, 3.05) is 6.54 Å². The number of halogens is 1. The van der Waals surface area contributed by atoms with Crippen molar-refractivity contribution in [1.82, 2.24) is 10.0 Å². The standard InChI is InChI=1S/C18H29N3O3S.ClH/c1-12-10-13(2)18(14(3)11-12)25(23,24)20-9-8-17(22)21-16-6-4-15(19)5-7-16;/h10-11,15-16,20H,4-9,19H2,1-3H3,(H,21,22);1H. The van der Waals surface area contributed by atoms with Crippen molar-refractivity contribution in [3.8, 4) is 0 Å². The summed E-state index contributed by atoms with van der Waals surface area (Å²) in [6.45, 7) is 5.60. The highest BCUT2D eigenvalue weighted by atomic mass is 35.5. The summed E-state index contributed by atoms with van der Waals surface area (Å²) in [4.78, 5) is 12.3. The Bertz CT molecular complexity index is 706. The van der Waals surface area contributed by atoms with Gasteiger partial charge in [-0.15, -0.1) is 12.4 Å². The molecule has 2 rings (SSSR count). The number of amides is 1. The summed E-state index contributed by atoms with van der Waals surface area (Å²) in [5.41, 5.74) is 8.32. The second-order valence-electron chi connectivity index (χ2n) is 7.05. The average Bonchev–Trinajstić information content (AvgIpc) is 2.48. The molecule has 8 heteroatoms. The number of carbonyl (C=O) groups is 1. The first-order chi connectivity index (χ1) is 11.7. The molecular weight excluding hydrogens is 374 g/mol. The summed E-state index contributed by atoms with van der Waals surface area (Å²) in [5.74, 6) is -0.125. The van der Waals surface area contributed by atoms with Crippen molar-refractivity contribution in [2.24, 2.45) is 5.73 Å². The number of rotatable bonds is 6. The minimum absolute atomic E-state index is 0. The van der Waals surface area contributed by atoms with Gasteiger partial charge in [-0.05, 0) is 57.6 Å². The molecule has 0 saturated heterocycles. The van der Waals surface area contributed by atoms with Crippen molar-refractivity contribution >= 4 is 28.3 Å². The molecule has 0 unspecified atom stereocenters. The van der Waals surface area contributed by atoms with Gasteiger partial charge in [-0.25, -0.2) is 13.1 Å². The molecule has 0 aliphatic heterocycles. The van der Waals surface area contributed by atoms with Gasteiger partial charge in [0, 0.05) is 25.0 Å². The lowest BCUT2D eigenvalue weighted by molar-refractivity contribution is -0.121. The molecule has 1 aromatic carbocycles. The number of hydrogen-bond acceptors (Lipinski definition) is 4. The average molecular weight is 404 g/mol. The lowest BCUT2D eigenvalue weighted by Crippen LogP contribution is -2.41. The Kier molecular flexibility index (Phi) is 8.53. The van der Waals surface area contributed by atoms with Crippen LogP contribution in [0.4, 0.5) is 0 Å². The van der Waals surface area contributed by atoms with Crippen molar-refractivity contribution in [2.45, 2.75) is 69.9 Å². The first kappa shape index (κ1) is 22.9. The fourth-order valence-corrected chi connectivity index (χ4v) is 5.01. The van der Waals surface area contributed by atoms with E-state index in [1.807, 2.05) is 19.1 Å². The number of sulfonamides is 1. The fraction of sp³-hybridized carbons (Fsp3) is 0.611. The molecule has 6 nitrogen and oxygen atoms in total. The van der Waals surface area contributed by atoms with E-state index < -0.39 is 10.0 Å². The third kappa shape index (κ3) is 6.23. The van der Waals surface area contributed by atoms with Gasteiger partial charge in [0.1, 0.15) is 0 Å². The number of benzene rings is 1. The maximum absolute atomic E-state index is 12.5. The second kappa shape index (κ2) is 9.69. The molecular formula is C18H30ClN3O3S. The van der Waals surface area contributed by atoms with Crippen LogP contribution in [0.2, 0.25) is 0 Å². The van der Waals surface area contributed by atoms with Crippen LogP contribution in [0, 0.1) is 20.8 Å². The summed E-state index contributed by atoms with van der Waals surface area (Å²) < 4.78 is 27.6. The Balaban J connectivity index is 0.00000338. The molecule has 148 valence electrons. The van der Waals surface area contributed by atoms with Gasteiger partial charge in [-0.3, -0.25) is 4.79 Å². The molecule has 1 amide bonds. The zero-order valence-electron chi connectivity index (χ0n) is 15.7. The van der Waals surface area contributed by atoms with E-state index in [0.29, 0.717) is 16.0 Å². The lowest BCUT2D eigenvalue weighted by Gasteiger charge is -2.26. The third-order valence-corrected chi connectivity index (χ3v) is 6.42. The van der Waals surface area contributed by atoms with Crippen LogP contribution in [0.5, 0.6) is 0 Å². The molecule has 0 bridgehead atoms. The predicted molar refractivity (Wildman–Crippen MR) is 106 cm³/mol. The van der Waals surface area contributed by atoms with Crippen molar-refractivity contribution in [3.05, 3.63) is 28.8 Å². The van der Waals surface area contributed by atoms with Crippen LogP contribution in [0.25, 0.3) is 0 Å². The first-order valence-electron chi connectivity index (χ1n) is 8.81. The Morgan fingerprint density at radius 2 is 1.65 bits per heavy atom. The summed E-state index contributed by atoms with van der Waals surface area (Å²) in [6.07, 6.45) is 3.75. The highest BCUT2D eigenvalue weighted by Gasteiger charge is 2.22. The number of nitrogens with two attached hydrogens (primary N) is 1. The van der Waals surface area contributed by atoms with Crippen LogP contribution in [0.1, 0.15) is 48.8 Å². The number of hydrogen-bond donors (Lipinski definition) is 3. The smallest absolute Gasteiger partial charge is 0.241 e. The van der Waals surface area contributed by atoms with Crippen LogP contribution >= 0.6 is 12.4 Å². The predicted octanol–water partition coefficient (Wildman–Crippen LogP) is 2.09. The van der Waals surface area contributed by atoms with Crippen LogP contribution in [0.15, 0.2) is 17.0 Å². The number of aryl methyl sites for hydroxylation is 3. The monoisotopic (exact) mass is 403 g/mol. The molecule has 1 saturated carbocycles. The Hall–Kier alpha value is -1.15. The molecule has 0 heterocycles. The van der Waals surface area contributed by atoms with Crippen molar-refractivity contribution in [1.29, 1.82) is 0 Å². The van der Waals surface area contributed by atoms with E-state index in [9.17, 15) is 13.2 Å². The van der Waals surface area contributed by atoms with Gasteiger partial charge in [-0.2, -0.15) is 0 Å². The van der Waals surface area contributed by atoms with Gasteiger partial charge in [0.15, 0.2) is 0 Å². The second-order valence-corrected chi connectivity index (χ2v) is 8.76. The number of nitrogens with one attached hydrogen (secondary N) is 2. The molecule has 1 aliphatic rings. The quantitative estimate of drug-likeness (QED) is 0.676. The van der Waals surface area contributed by atoms with E-state index in [1.165, 1.54) is 0 Å². The highest BCUT2D eigenvalue weighted by Crippen LogP contribution is 2.21. The van der Waals surface area contributed by atoms with Gasteiger partial charge in [0.25, 0.3) is 0 Å². The summed E-state index contributed by atoms with van der Waals surface area (Å²) in [5, 5.41) is 2.97. The summed E-state index contributed by atoms with van der Waals surface area (Å²) in [6, 6.07) is 4.09. The van der Waals surface area contributed by atoms with Crippen LogP contribution in [0.3, 0.4) is 0 Å². The molecule has 0 atom stereocenters. The summed E-state index contributed by atoms with van der Waals surface area (Å²) in [7, 11) is -3.62. The van der Waals surface area contributed by atoms with E-state index in [1.54, 1.807) is 13.8 Å². The Morgan fingerprint density at radius 3 is 2.19 bits per heavy atom. The molecule has 1 fully saturated rings. The lowest BCUT2D eigenvalue weighted by atomic mass is 9.92. The molecule has 1 aliphatic carbocycles. The first-order valence-corrected chi connectivity index (χ1v) is 10.3. The van der Waals surface area contributed by atoms with Gasteiger partial charge in [-0.1, -0.05) is 17.7 Å². The molecule has 0 radical (unpaired) electrons. The van der Waals surface area contributed by atoms with Crippen LogP contribution in [-0.2, 0) is 14.8 Å². The number of carbonyl (C=O) groups excluding carboxylic acids is 1. The topological polar surface area (TPSA) is 101 Å². The summed E-state index contributed by atoms with van der Waals surface area (Å²) >= 11 is 0. The third-order valence-electron chi connectivity index (χ3n) is 4.65. The largest absolute Gasteiger partial charge is 0.353 e. The Morgan fingerprint density at radius 1 is 1.12 bits per heavy atom. The van der Waals surface area contributed by atoms with E-state index in [0.717, 1.165) is 31.2 Å². The van der Waals surface area contributed by atoms with Gasteiger partial charge >= 0.3 is 0 Å². The zero-order valence-corrected chi connectivity index (χ0v) is 17.3. The van der Waals surface area contributed by atoms with Gasteiger partial charge < -0.3 is 11.1 Å².